The molecule has 1 rings (SSSR count). The number of carboxylic acids is 1. The third-order valence-corrected chi connectivity index (χ3v) is 3.35. The van der Waals surface area contributed by atoms with Crippen LogP contribution in [0.15, 0.2) is 12.7 Å². The Kier molecular flexibility index (Phi) is 6.21. The summed E-state index contributed by atoms with van der Waals surface area (Å²) in [7, 11) is 0. The molecule has 0 spiro atoms. The number of carbonyl (C=O) groups excluding carboxylic acids is 2. The Morgan fingerprint density at radius 2 is 1.80 bits per heavy atom. The molecule has 1 aliphatic carbocycles. The van der Waals surface area contributed by atoms with Gasteiger partial charge in [-0.3, -0.25) is 9.59 Å². The number of esters is 2. The van der Waals surface area contributed by atoms with Crippen LogP contribution in [-0.4, -0.2) is 35.7 Å². The maximum atomic E-state index is 11.8. The Bertz CT molecular complexity index is 381. The first-order valence-corrected chi connectivity index (χ1v) is 6.66. The van der Waals surface area contributed by atoms with Crippen LogP contribution in [0.3, 0.4) is 0 Å². The second kappa shape index (κ2) is 7.67. The third-order valence-electron chi connectivity index (χ3n) is 3.35. The number of aliphatic carboxylic acids is 1. The Labute approximate surface area is 117 Å². The average Bonchev–Trinajstić information content (AvgIpc) is 2.44. The predicted molar refractivity (Wildman–Crippen MR) is 69.8 cm³/mol. The lowest BCUT2D eigenvalue weighted by atomic mass is 9.82. The molecule has 6 heteroatoms. The highest BCUT2D eigenvalue weighted by Gasteiger charge is 2.30. The Morgan fingerprint density at radius 3 is 2.30 bits per heavy atom. The molecule has 0 heterocycles. The largest absolute Gasteiger partial charge is 0.481 e. The number of carbonyl (C=O) groups is 3. The lowest BCUT2D eigenvalue weighted by Crippen LogP contribution is -2.29. The molecule has 1 fully saturated rings. The maximum Gasteiger partial charge on any atom is 0.330 e. The molecule has 0 aromatic carbocycles. The number of carboxylic acid groups (broad SMARTS) is 1. The summed E-state index contributed by atoms with van der Waals surface area (Å²) in [5.74, 6) is -2.33. The fourth-order valence-electron chi connectivity index (χ4n) is 2.17. The van der Waals surface area contributed by atoms with Crippen molar-refractivity contribution in [3.8, 4) is 0 Å². The van der Waals surface area contributed by atoms with Crippen molar-refractivity contribution in [1.29, 1.82) is 0 Å². The van der Waals surface area contributed by atoms with Gasteiger partial charge >= 0.3 is 17.9 Å². The minimum Gasteiger partial charge on any atom is -0.481 e. The summed E-state index contributed by atoms with van der Waals surface area (Å²) in [5.41, 5.74) is 0. The van der Waals surface area contributed by atoms with Gasteiger partial charge in [-0.15, -0.1) is 0 Å². The number of ether oxygens (including phenoxy) is 2. The van der Waals surface area contributed by atoms with E-state index in [0.717, 1.165) is 6.08 Å². The third kappa shape index (κ3) is 5.03. The summed E-state index contributed by atoms with van der Waals surface area (Å²) >= 11 is 0. The molecule has 0 bridgehead atoms. The van der Waals surface area contributed by atoms with Gasteiger partial charge in [0, 0.05) is 6.08 Å². The zero-order valence-corrected chi connectivity index (χ0v) is 11.5. The topological polar surface area (TPSA) is 89.9 Å². The summed E-state index contributed by atoms with van der Waals surface area (Å²) in [5, 5.41) is 8.87. The van der Waals surface area contributed by atoms with Gasteiger partial charge in [-0.1, -0.05) is 6.58 Å². The van der Waals surface area contributed by atoms with Crippen molar-refractivity contribution in [1.82, 2.24) is 0 Å². The summed E-state index contributed by atoms with van der Waals surface area (Å²) in [6, 6.07) is 0. The molecule has 1 N–H and O–H groups in total. The van der Waals surface area contributed by atoms with E-state index in [4.69, 9.17) is 14.6 Å². The summed E-state index contributed by atoms with van der Waals surface area (Å²) in [4.78, 5) is 33.5. The number of hydrogen-bond donors (Lipinski definition) is 1. The van der Waals surface area contributed by atoms with Crippen molar-refractivity contribution in [2.45, 2.75) is 38.7 Å². The first-order chi connectivity index (χ1) is 9.43. The monoisotopic (exact) mass is 284 g/mol. The van der Waals surface area contributed by atoms with Gasteiger partial charge in [0.2, 0.25) is 0 Å². The zero-order chi connectivity index (χ0) is 15.1. The highest BCUT2D eigenvalue weighted by molar-refractivity contribution is 5.81. The van der Waals surface area contributed by atoms with Crippen LogP contribution in [0.2, 0.25) is 0 Å². The quantitative estimate of drug-likeness (QED) is 0.587. The van der Waals surface area contributed by atoms with Crippen molar-refractivity contribution in [3.05, 3.63) is 12.7 Å². The fraction of sp³-hybridized carbons (Fsp3) is 0.643. The van der Waals surface area contributed by atoms with Crippen LogP contribution in [0, 0.1) is 11.8 Å². The van der Waals surface area contributed by atoms with Crippen LogP contribution in [0.5, 0.6) is 0 Å². The highest BCUT2D eigenvalue weighted by Crippen LogP contribution is 2.29. The van der Waals surface area contributed by atoms with Gasteiger partial charge in [-0.25, -0.2) is 4.79 Å². The zero-order valence-electron chi connectivity index (χ0n) is 11.5. The van der Waals surface area contributed by atoms with E-state index in [1.54, 1.807) is 6.92 Å². The minimum atomic E-state index is -0.804. The molecule has 1 unspecified atom stereocenters. The highest BCUT2D eigenvalue weighted by atomic mass is 16.6. The Morgan fingerprint density at radius 1 is 1.25 bits per heavy atom. The Hall–Kier alpha value is -1.85. The van der Waals surface area contributed by atoms with Gasteiger partial charge in [0.1, 0.15) is 12.7 Å². The molecule has 112 valence electrons. The van der Waals surface area contributed by atoms with E-state index in [9.17, 15) is 14.4 Å². The summed E-state index contributed by atoms with van der Waals surface area (Å²) in [6.07, 6.45) is 2.56. The molecule has 1 saturated carbocycles. The van der Waals surface area contributed by atoms with Crippen LogP contribution in [-0.2, 0) is 23.9 Å². The molecule has 0 aliphatic heterocycles. The van der Waals surface area contributed by atoms with Crippen molar-refractivity contribution in [3.63, 3.8) is 0 Å². The van der Waals surface area contributed by atoms with Crippen molar-refractivity contribution in [2.75, 3.05) is 6.61 Å². The molecule has 0 aromatic heterocycles. The van der Waals surface area contributed by atoms with E-state index in [-0.39, 0.29) is 24.4 Å². The van der Waals surface area contributed by atoms with E-state index in [2.05, 4.69) is 6.58 Å². The van der Waals surface area contributed by atoms with Gasteiger partial charge in [0.05, 0.1) is 11.8 Å². The lowest BCUT2D eigenvalue weighted by Gasteiger charge is -2.25. The van der Waals surface area contributed by atoms with Crippen LogP contribution < -0.4 is 0 Å². The van der Waals surface area contributed by atoms with Crippen LogP contribution in [0.25, 0.3) is 0 Å². The van der Waals surface area contributed by atoms with E-state index in [0.29, 0.717) is 25.7 Å². The molecule has 20 heavy (non-hydrogen) atoms. The maximum absolute atomic E-state index is 11.8. The van der Waals surface area contributed by atoms with Crippen molar-refractivity contribution in [2.24, 2.45) is 11.8 Å². The fourth-order valence-corrected chi connectivity index (χ4v) is 2.17. The number of hydrogen-bond acceptors (Lipinski definition) is 5. The van der Waals surface area contributed by atoms with E-state index >= 15 is 0 Å². The molecule has 0 amide bonds. The van der Waals surface area contributed by atoms with Crippen molar-refractivity contribution < 1.29 is 29.0 Å². The van der Waals surface area contributed by atoms with Gasteiger partial charge < -0.3 is 14.6 Å². The first kappa shape index (κ1) is 16.2. The second-order valence-corrected chi connectivity index (χ2v) is 4.97. The van der Waals surface area contributed by atoms with Crippen LogP contribution in [0.1, 0.15) is 32.6 Å². The van der Waals surface area contributed by atoms with Gasteiger partial charge in [-0.05, 0) is 32.6 Å². The molecule has 0 aromatic rings. The molecular weight excluding hydrogens is 264 g/mol. The molecule has 1 aliphatic rings. The van der Waals surface area contributed by atoms with Gasteiger partial charge in [0.15, 0.2) is 0 Å². The lowest BCUT2D eigenvalue weighted by molar-refractivity contribution is -0.159. The average molecular weight is 284 g/mol. The predicted octanol–water partition coefficient (Wildman–Crippen LogP) is 1.54. The van der Waals surface area contributed by atoms with Crippen molar-refractivity contribution >= 4 is 17.9 Å². The summed E-state index contributed by atoms with van der Waals surface area (Å²) in [6.45, 7) is 4.89. The molecule has 0 radical (unpaired) electrons. The SMILES string of the molecule is C=CC(=O)OC(C)COC(=O)C1CCC(C(=O)O)CC1. The molecule has 6 nitrogen and oxygen atoms in total. The minimum absolute atomic E-state index is 0.00271. The van der Waals surface area contributed by atoms with Crippen LogP contribution in [0.4, 0.5) is 0 Å². The molecule has 0 saturated heterocycles. The van der Waals surface area contributed by atoms with Gasteiger partial charge in [0.25, 0.3) is 0 Å². The molecule has 1 atom stereocenters. The molecular formula is C14H20O6. The number of rotatable bonds is 6. The second-order valence-electron chi connectivity index (χ2n) is 4.97. The van der Waals surface area contributed by atoms with E-state index in [1.807, 2.05) is 0 Å². The van der Waals surface area contributed by atoms with Crippen LogP contribution >= 0.6 is 0 Å². The standard InChI is InChI=1S/C14H20O6/c1-3-12(15)20-9(2)8-19-14(18)11-6-4-10(5-7-11)13(16)17/h3,9-11H,1,4-8H2,2H3,(H,16,17). The smallest absolute Gasteiger partial charge is 0.330 e. The first-order valence-electron chi connectivity index (χ1n) is 6.66. The van der Waals surface area contributed by atoms with Gasteiger partial charge in [-0.2, -0.15) is 0 Å². The van der Waals surface area contributed by atoms with E-state index in [1.165, 1.54) is 0 Å². The Balaban J connectivity index is 2.28. The van der Waals surface area contributed by atoms with E-state index < -0.39 is 18.0 Å². The summed E-state index contributed by atoms with van der Waals surface area (Å²) < 4.78 is 9.96. The normalized spacial score (nSPS) is 23.4.